The van der Waals surface area contributed by atoms with E-state index in [1.54, 1.807) is 25.3 Å². The molecule has 7 nitrogen and oxygen atoms in total. The normalized spacial score (nSPS) is 20.1. The standard InChI is InChI=1S/C18H33N5O2/c1-4-19-17(21-15-18(2,24)16-7-5-14-25-16)20-8-11-23-10-6-9-22(3)12-13-23/h5,7,14,24H,4,6,8-13,15H2,1-3H3,(H2,19,20,21). The third kappa shape index (κ3) is 6.68. The smallest absolute Gasteiger partial charge is 0.191 e. The fourth-order valence-corrected chi connectivity index (χ4v) is 2.89. The second-order valence-electron chi connectivity index (χ2n) is 6.87. The van der Waals surface area contributed by atoms with E-state index >= 15 is 0 Å². The van der Waals surface area contributed by atoms with Gasteiger partial charge in [0, 0.05) is 32.7 Å². The number of aliphatic hydroxyl groups is 1. The summed E-state index contributed by atoms with van der Waals surface area (Å²) in [6.45, 7) is 11.2. The van der Waals surface area contributed by atoms with Crippen LogP contribution in [0.4, 0.5) is 0 Å². The molecule has 0 aromatic carbocycles. The van der Waals surface area contributed by atoms with E-state index in [1.165, 1.54) is 13.0 Å². The molecule has 3 N–H and O–H groups in total. The van der Waals surface area contributed by atoms with Gasteiger partial charge in [-0.3, -0.25) is 0 Å². The Bertz CT molecular complexity index is 516. The van der Waals surface area contributed by atoms with Gasteiger partial charge in [-0.25, -0.2) is 4.99 Å². The summed E-state index contributed by atoms with van der Waals surface area (Å²) in [6, 6.07) is 3.54. The van der Waals surface area contributed by atoms with Crippen molar-refractivity contribution in [2.45, 2.75) is 25.9 Å². The van der Waals surface area contributed by atoms with E-state index in [1.807, 2.05) is 6.92 Å². The number of nitrogens with zero attached hydrogens (tertiary/aromatic N) is 3. The Labute approximate surface area is 151 Å². The van der Waals surface area contributed by atoms with Gasteiger partial charge in [-0.1, -0.05) is 0 Å². The van der Waals surface area contributed by atoms with E-state index in [0.29, 0.717) is 5.76 Å². The van der Waals surface area contributed by atoms with Gasteiger partial charge in [-0.15, -0.1) is 0 Å². The van der Waals surface area contributed by atoms with Crippen molar-refractivity contribution >= 4 is 5.96 Å². The highest BCUT2D eigenvalue weighted by molar-refractivity contribution is 5.79. The maximum absolute atomic E-state index is 10.5. The van der Waals surface area contributed by atoms with Crippen LogP contribution in [0.5, 0.6) is 0 Å². The first-order chi connectivity index (χ1) is 12.0. The summed E-state index contributed by atoms with van der Waals surface area (Å²) in [7, 11) is 2.18. The summed E-state index contributed by atoms with van der Waals surface area (Å²) in [5, 5.41) is 17.1. The SMILES string of the molecule is CCNC(=NCC(C)(O)c1ccco1)NCCN1CCCN(C)CC1. The lowest BCUT2D eigenvalue weighted by atomic mass is 10.0. The lowest BCUT2D eigenvalue weighted by Gasteiger charge is -2.22. The Kier molecular flexibility index (Phi) is 7.74. The van der Waals surface area contributed by atoms with Crippen LogP contribution in [0.15, 0.2) is 27.8 Å². The second-order valence-corrected chi connectivity index (χ2v) is 6.87. The molecule has 1 aromatic rings. The van der Waals surface area contributed by atoms with Crippen LogP contribution in [0.25, 0.3) is 0 Å². The van der Waals surface area contributed by atoms with Gasteiger partial charge in [-0.05, 0) is 52.5 Å². The minimum atomic E-state index is -1.11. The summed E-state index contributed by atoms with van der Waals surface area (Å²) in [6.07, 6.45) is 2.78. The van der Waals surface area contributed by atoms with Crippen LogP contribution in [0.3, 0.4) is 0 Å². The number of likely N-dealkylation sites (N-methyl/N-ethyl adjacent to an activating group) is 1. The first-order valence-electron chi connectivity index (χ1n) is 9.20. The molecule has 1 aliphatic rings. The van der Waals surface area contributed by atoms with E-state index in [9.17, 15) is 5.11 Å². The Morgan fingerprint density at radius 3 is 2.88 bits per heavy atom. The minimum Gasteiger partial charge on any atom is -0.466 e. The lowest BCUT2D eigenvalue weighted by molar-refractivity contribution is 0.0437. The highest BCUT2D eigenvalue weighted by Gasteiger charge is 2.26. The van der Waals surface area contributed by atoms with Crippen LogP contribution < -0.4 is 10.6 Å². The van der Waals surface area contributed by atoms with Crippen LogP contribution in [0.2, 0.25) is 0 Å². The molecule has 0 spiro atoms. The number of rotatable bonds is 7. The van der Waals surface area contributed by atoms with E-state index in [2.05, 4.69) is 32.5 Å². The molecule has 1 fully saturated rings. The van der Waals surface area contributed by atoms with E-state index in [4.69, 9.17) is 4.42 Å². The lowest BCUT2D eigenvalue weighted by Crippen LogP contribution is -2.43. The molecule has 1 unspecified atom stereocenters. The van der Waals surface area contributed by atoms with Crippen molar-refractivity contribution in [3.63, 3.8) is 0 Å². The average Bonchev–Trinajstić information content (AvgIpc) is 3.05. The molecule has 0 radical (unpaired) electrons. The monoisotopic (exact) mass is 351 g/mol. The van der Waals surface area contributed by atoms with Crippen LogP contribution in [-0.4, -0.2) is 80.3 Å². The maximum Gasteiger partial charge on any atom is 0.191 e. The predicted octanol–water partition coefficient (Wildman–Crippen LogP) is 0.680. The Morgan fingerprint density at radius 2 is 2.16 bits per heavy atom. The quantitative estimate of drug-likeness (QED) is 0.495. The zero-order valence-electron chi connectivity index (χ0n) is 15.8. The largest absolute Gasteiger partial charge is 0.466 e. The van der Waals surface area contributed by atoms with Crippen molar-refractivity contribution in [2.75, 3.05) is 59.4 Å². The van der Waals surface area contributed by atoms with Crippen LogP contribution >= 0.6 is 0 Å². The van der Waals surface area contributed by atoms with Crippen LogP contribution in [-0.2, 0) is 5.60 Å². The predicted molar refractivity (Wildman–Crippen MR) is 101 cm³/mol. The molecule has 25 heavy (non-hydrogen) atoms. The molecule has 7 heteroatoms. The average molecular weight is 351 g/mol. The summed E-state index contributed by atoms with van der Waals surface area (Å²) in [4.78, 5) is 9.38. The van der Waals surface area contributed by atoms with E-state index < -0.39 is 5.60 Å². The molecular weight excluding hydrogens is 318 g/mol. The third-order valence-corrected chi connectivity index (χ3v) is 4.47. The van der Waals surface area contributed by atoms with Crippen molar-refractivity contribution < 1.29 is 9.52 Å². The van der Waals surface area contributed by atoms with Crippen molar-refractivity contribution in [1.29, 1.82) is 0 Å². The van der Waals surface area contributed by atoms with Gasteiger partial charge in [0.25, 0.3) is 0 Å². The van der Waals surface area contributed by atoms with Crippen LogP contribution in [0.1, 0.15) is 26.0 Å². The Hall–Kier alpha value is -1.57. The molecule has 1 atom stereocenters. The molecule has 2 heterocycles. The van der Waals surface area contributed by atoms with E-state index in [0.717, 1.165) is 45.2 Å². The van der Waals surface area contributed by atoms with Crippen molar-refractivity contribution in [2.24, 2.45) is 4.99 Å². The van der Waals surface area contributed by atoms with Crippen molar-refractivity contribution in [3.8, 4) is 0 Å². The molecule has 1 saturated heterocycles. The molecule has 0 saturated carbocycles. The van der Waals surface area contributed by atoms with Gasteiger partial charge >= 0.3 is 0 Å². The summed E-state index contributed by atoms with van der Waals surface area (Å²) < 4.78 is 5.30. The summed E-state index contributed by atoms with van der Waals surface area (Å²) in [5.74, 6) is 1.25. The number of hydrogen-bond acceptors (Lipinski definition) is 5. The van der Waals surface area contributed by atoms with Gasteiger partial charge in [-0.2, -0.15) is 0 Å². The number of furan rings is 1. The molecule has 0 bridgehead atoms. The Balaban J connectivity index is 1.81. The van der Waals surface area contributed by atoms with Crippen LogP contribution in [0, 0.1) is 0 Å². The van der Waals surface area contributed by atoms with Crippen molar-refractivity contribution in [3.05, 3.63) is 24.2 Å². The highest BCUT2D eigenvalue weighted by Crippen LogP contribution is 2.20. The highest BCUT2D eigenvalue weighted by atomic mass is 16.4. The number of nitrogens with one attached hydrogen (secondary N) is 2. The molecule has 1 aliphatic heterocycles. The number of aliphatic imine (C=N–C) groups is 1. The van der Waals surface area contributed by atoms with Crippen molar-refractivity contribution in [1.82, 2.24) is 20.4 Å². The fraction of sp³-hybridized carbons (Fsp3) is 0.722. The topological polar surface area (TPSA) is 76.3 Å². The van der Waals surface area contributed by atoms with E-state index in [-0.39, 0.29) is 6.54 Å². The zero-order valence-corrected chi connectivity index (χ0v) is 15.8. The number of guanidine groups is 1. The van der Waals surface area contributed by atoms with Gasteiger partial charge < -0.3 is 30.0 Å². The van der Waals surface area contributed by atoms with Gasteiger partial charge in [0.05, 0.1) is 12.8 Å². The second kappa shape index (κ2) is 9.79. The molecule has 0 aliphatic carbocycles. The zero-order chi connectivity index (χ0) is 18.1. The minimum absolute atomic E-state index is 0.240. The summed E-state index contributed by atoms with van der Waals surface area (Å²) in [5.41, 5.74) is -1.11. The number of hydrogen-bond donors (Lipinski definition) is 3. The summed E-state index contributed by atoms with van der Waals surface area (Å²) >= 11 is 0. The van der Waals surface area contributed by atoms with Gasteiger partial charge in [0.15, 0.2) is 5.96 Å². The molecule has 142 valence electrons. The molecule has 1 aromatic heterocycles. The van der Waals surface area contributed by atoms with Gasteiger partial charge in [0.2, 0.25) is 0 Å². The molecular formula is C18H33N5O2. The fourth-order valence-electron chi connectivity index (χ4n) is 2.89. The van der Waals surface area contributed by atoms with Gasteiger partial charge in [0.1, 0.15) is 11.4 Å². The molecule has 0 amide bonds. The maximum atomic E-state index is 10.5. The first kappa shape index (κ1) is 19.8. The molecule has 2 rings (SSSR count). The third-order valence-electron chi connectivity index (χ3n) is 4.47. The first-order valence-corrected chi connectivity index (χ1v) is 9.20. The Morgan fingerprint density at radius 1 is 1.32 bits per heavy atom.